The number of hydrogen-bond donors (Lipinski definition) is 2. The number of ether oxygens (including phenoxy) is 1. The molecule has 0 heterocycles. The van der Waals surface area contributed by atoms with E-state index in [1.807, 2.05) is 0 Å². The van der Waals surface area contributed by atoms with Gasteiger partial charge in [0.15, 0.2) is 23.3 Å². The Hall–Kier alpha value is -2.61. The van der Waals surface area contributed by atoms with Crippen LogP contribution in [0.1, 0.15) is 10.4 Å². The highest BCUT2D eigenvalue weighted by atomic mass is 19.2. The number of halogens is 4. The molecule has 2 rings (SSSR count). The Morgan fingerprint density at radius 3 is 2.13 bits per heavy atom. The van der Waals surface area contributed by atoms with Crippen LogP contribution in [-0.2, 0) is 0 Å². The van der Waals surface area contributed by atoms with Gasteiger partial charge in [0.2, 0.25) is 0 Å². The maximum Gasteiger partial charge on any atom is 0.261 e. The van der Waals surface area contributed by atoms with Crippen molar-refractivity contribution in [3.8, 4) is 5.75 Å². The fourth-order valence-corrected chi connectivity index (χ4v) is 1.76. The van der Waals surface area contributed by atoms with Crippen molar-refractivity contribution >= 4 is 11.6 Å². The zero-order valence-electron chi connectivity index (χ0n) is 11.6. The van der Waals surface area contributed by atoms with Crippen molar-refractivity contribution in [2.24, 2.45) is 0 Å². The van der Waals surface area contributed by atoms with Crippen LogP contribution in [0.4, 0.5) is 23.2 Å². The number of aliphatic hydroxyl groups is 1. The molecule has 23 heavy (non-hydrogen) atoms. The molecule has 0 atom stereocenters. The average Bonchev–Trinajstić information content (AvgIpc) is 2.52. The van der Waals surface area contributed by atoms with E-state index < -0.39 is 34.7 Å². The van der Waals surface area contributed by atoms with Gasteiger partial charge in [0.1, 0.15) is 17.9 Å². The number of amides is 1. The maximum absolute atomic E-state index is 13.5. The molecule has 0 aliphatic carbocycles. The Kier molecular flexibility index (Phi) is 5.17. The summed E-state index contributed by atoms with van der Waals surface area (Å²) in [6.07, 6.45) is 0. The van der Waals surface area contributed by atoms with Crippen LogP contribution >= 0.6 is 0 Å². The van der Waals surface area contributed by atoms with Crippen molar-refractivity contribution in [2.75, 3.05) is 18.5 Å². The summed E-state index contributed by atoms with van der Waals surface area (Å²) >= 11 is 0. The Labute approximate surface area is 128 Å². The third-order valence-corrected chi connectivity index (χ3v) is 2.81. The molecule has 2 N–H and O–H groups in total. The molecular weight excluding hydrogens is 318 g/mol. The molecule has 0 unspecified atom stereocenters. The number of carbonyl (C=O) groups is 1. The molecule has 1 amide bonds. The number of hydrogen-bond acceptors (Lipinski definition) is 3. The van der Waals surface area contributed by atoms with Crippen LogP contribution in [0.5, 0.6) is 5.75 Å². The van der Waals surface area contributed by atoms with Gasteiger partial charge >= 0.3 is 0 Å². The van der Waals surface area contributed by atoms with E-state index in [4.69, 9.17) is 9.84 Å². The Morgan fingerprint density at radius 1 is 1.04 bits per heavy atom. The molecule has 0 spiro atoms. The van der Waals surface area contributed by atoms with Gasteiger partial charge in [-0.05, 0) is 24.3 Å². The molecule has 8 heteroatoms. The highest BCUT2D eigenvalue weighted by molar-refractivity contribution is 6.04. The normalized spacial score (nSPS) is 10.5. The molecule has 0 aliphatic rings. The van der Waals surface area contributed by atoms with Gasteiger partial charge < -0.3 is 15.2 Å². The SMILES string of the molecule is O=C(Nc1ccc(OCCO)cc1)c1c(F)c(F)cc(F)c1F. The van der Waals surface area contributed by atoms with Crippen molar-refractivity contribution in [3.05, 3.63) is 59.2 Å². The van der Waals surface area contributed by atoms with Crippen molar-refractivity contribution in [2.45, 2.75) is 0 Å². The maximum atomic E-state index is 13.5. The molecular formula is C15H11F4NO3. The number of nitrogens with one attached hydrogen (secondary N) is 1. The monoisotopic (exact) mass is 329 g/mol. The third kappa shape index (κ3) is 3.78. The summed E-state index contributed by atoms with van der Waals surface area (Å²) in [7, 11) is 0. The second-order valence-electron chi connectivity index (χ2n) is 4.39. The third-order valence-electron chi connectivity index (χ3n) is 2.81. The van der Waals surface area contributed by atoms with Crippen molar-refractivity contribution in [1.82, 2.24) is 0 Å². The molecule has 0 bridgehead atoms. The summed E-state index contributed by atoms with van der Waals surface area (Å²) in [5.41, 5.74) is -1.21. The first kappa shape index (κ1) is 16.8. The predicted octanol–water partition coefficient (Wildman–Crippen LogP) is 2.87. The van der Waals surface area contributed by atoms with Gasteiger partial charge in [0.25, 0.3) is 5.91 Å². The fraction of sp³-hybridized carbons (Fsp3) is 0.133. The summed E-state index contributed by atoms with van der Waals surface area (Å²) in [5, 5.41) is 10.7. The van der Waals surface area contributed by atoms with Gasteiger partial charge in [-0.3, -0.25) is 4.79 Å². The molecule has 122 valence electrons. The molecule has 2 aromatic carbocycles. The molecule has 2 aromatic rings. The van der Waals surface area contributed by atoms with Gasteiger partial charge in [-0.15, -0.1) is 0 Å². The lowest BCUT2D eigenvalue weighted by molar-refractivity contribution is 0.101. The molecule has 0 saturated carbocycles. The van der Waals surface area contributed by atoms with Gasteiger partial charge in [-0.25, -0.2) is 17.6 Å². The standard InChI is InChI=1S/C15H11F4NO3/c16-10-7-11(17)14(19)12(13(10)18)15(22)20-8-1-3-9(4-2-8)23-6-5-21/h1-4,7,21H,5-6H2,(H,20,22). The second-order valence-corrected chi connectivity index (χ2v) is 4.39. The van der Waals surface area contributed by atoms with E-state index in [0.29, 0.717) is 5.75 Å². The zero-order valence-corrected chi connectivity index (χ0v) is 11.6. The summed E-state index contributed by atoms with van der Waals surface area (Å²) in [6, 6.07) is 5.61. The summed E-state index contributed by atoms with van der Waals surface area (Å²) in [6.45, 7) is -0.104. The van der Waals surface area contributed by atoms with Crippen molar-refractivity contribution in [1.29, 1.82) is 0 Å². The van der Waals surface area contributed by atoms with Crippen LogP contribution < -0.4 is 10.1 Å². The number of carbonyl (C=O) groups excluding carboxylic acids is 1. The first-order chi connectivity index (χ1) is 10.9. The van der Waals surface area contributed by atoms with Crippen LogP contribution in [0.25, 0.3) is 0 Å². The molecule has 0 fully saturated rings. The topological polar surface area (TPSA) is 58.6 Å². The summed E-state index contributed by atoms with van der Waals surface area (Å²) in [5.74, 6) is -7.81. The van der Waals surface area contributed by atoms with Crippen molar-refractivity contribution in [3.63, 3.8) is 0 Å². The van der Waals surface area contributed by atoms with Crippen molar-refractivity contribution < 1.29 is 32.2 Å². The Balaban J connectivity index is 2.20. The molecule has 0 radical (unpaired) electrons. The quantitative estimate of drug-likeness (QED) is 0.655. The van der Waals surface area contributed by atoms with E-state index in [0.717, 1.165) is 0 Å². The van der Waals surface area contributed by atoms with Gasteiger partial charge in [0, 0.05) is 11.8 Å². The van der Waals surface area contributed by atoms with Gasteiger partial charge in [-0.2, -0.15) is 0 Å². The van der Waals surface area contributed by atoms with E-state index in [1.165, 1.54) is 24.3 Å². The predicted molar refractivity (Wildman–Crippen MR) is 73.2 cm³/mol. The largest absolute Gasteiger partial charge is 0.491 e. The second kappa shape index (κ2) is 7.10. The van der Waals surface area contributed by atoms with E-state index >= 15 is 0 Å². The molecule has 0 aliphatic heterocycles. The molecule has 4 nitrogen and oxygen atoms in total. The lowest BCUT2D eigenvalue weighted by Crippen LogP contribution is -2.18. The number of anilines is 1. The van der Waals surface area contributed by atoms with Gasteiger partial charge in [0.05, 0.1) is 6.61 Å². The van der Waals surface area contributed by atoms with Crippen LogP contribution in [0.3, 0.4) is 0 Å². The first-order valence-corrected chi connectivity index (χ1v) is 6.42. The number of benzene rings is 2. The van der Waals surface area contributed by atoms with Crippen LogP contribution in [0.15, 0.2) is 30.3 Å². The number of rotatable bonds is 5. The van der Waals surface area contributed by atoms with Crippen LogP contribution in [0, 0.1) is 23.3 Å². The zero-order chi connectivity index (χ0) is 17.0. The minimum absolute atomic E-state index is 0.0226. The van der Waals surface area contributed by atoms with E-state index in [2.05, 4.69) is 5.32 Å². The minimum atomic E-state index is -1.77. The van der Waals surface area contributed by atoms with Crippen LogP contribution in [-0.4, -0.2) is 24.2 Å². The van der Waals surface area contributed by atoms with E-state index in [-0.39, 0.29) is 25.0 Å². The van der Waals surface area contributed by atoms with E-state index in [1.54, 1.807) is 0 Å². The summed E-state index contributed by atoms with van der Waals surface area (Å²) in [4.78, 5) is 11.8. The number of aliphatic hydroxyl groups excluding tert-OH is 1. The lowest BCUT2D eigenvalue weighted by atomic mass is 10.1. The Morgan fingerprint density at radius 2 is 1.61 bits per heavy atom. The Bertz CT molecular complexity index is 693. The molecule has 0 saturated heterocycles. The van der Waals surface area contributed by atoms with E-state index in [9.17, 15) is 22.4 Å². The molecule has 0 aromatic heterocycles. The minimum Gasteiger partial charge on any atom is -0.491 e. The van der Waals surface area contributed by atoms with Gasteiger partial charge in [-0.1, -0.05) is 0 Å². The fourth-order valence-electron chi connectivity index (χ4n) is 1.76. The highest BCUT2D eigenvalue weighted by Crippen LogP contribution is 2.21. The highest BCUT2D eigenvalue weighted by Gasteiger charge is 2.24. The smallest absolute Gasteiger partial charge is 0.261 e. The summed E-state index contributed by atoms with van der Waals surface area (Å²) < 4.78 is 58.3. The lowest BCUT2D eigenvalue weighted by Gasteiger charge is -2.09. The first-order valence-electron chi connectivity index (χ1n) is 6.42. The van der Waals surface area contributed by atoms with Crippen LogP contribution in [0.2, 0.25) is 0 Å². The average molecular weight is 329 g/mol.